The molecule has 0 radical (unpaired) electrons. The zero-order valence-electron chi connectivity index (χ0n) is 10.9. The first-order valence-electron chi connectivity index (χ1n) is 5.96. The van der Waals surface area contributed by atoms with E-state index in [9.17, 15) is 4.79 Å². The number of anilines is 1. The molecule has 0 saturated heterocycles. The van der Waals surface area contributed by atoms with Crippen LogP contribution in [0.3, 0.4) is 0 Å². The Morgan fingerprint density at radius 3 is 3.00 bits per heavy atom. The van der Waals surface area contributed by atoms with Crippen LogP contribution in [0.5, 0.6) is 0 Å². The number of pyridine rings is 1. The summed E-state index contributed by atoms with van der Waals surface area (Å²) in [6.45, 7) is 2.73. The number of terminal acetylenes is 1. The van der Waals surface area contributed by atoms with E-state index >= 15 is 0 Å². The maximum Gasteiger partial charge on any atom is 0.284 e. The fraction of sp³-hybridized carbons (Fsp3) is 0.214. The van der Waals surface area contributed by atoms with Gasteiger partial charge in [-0.05, 0) is 40.0 Å². The van der Waals surface area contributed by atoms with E-state index in [1.54, 1.807) is 18.6 Å². The smallest absolute Gasteiger partial charge is 0.284 e. The second-order valence-corrected chi connectivity index (χ2v) is 4.99. The molecule has 0 aliphatic carbocycles. The molecule has 0 fully saturated rings. The van der Waals surface area contributed by atoms with E-state index in [-0.39, 0.29) is 12.1 Å². The van der Waals surface area contributed by atoms with Gasteiger partial charge in [0, 0.05) is 18.9 Å². The molecule has 5 nitrogen and oxygen atoms in total. The number of aryl methyl sites for hydroxylation is 1. The highest BCUT2D eigenvalue weighted by atomic mass is 79.9. The van der Waals surface area contributed by atoms with Crippen molar-refractivity contribution in [3.63, 3.8) is 0 Å². The summed E-state index contributed by atoms with van der Waals surface area (Å²) in [6.07, 6.45) is 10.3. The van der Waals surface area contributed by atoms with Gasteiger partial charge in [-0.2, -0.15) is 5.10 Å². The van der Waals surface area contributed by atoms with Crippen molar-refractivity contribution in [2.45, 2.75) is 20.0 Å². The van der Waals surface area contributed by atoms with Gasteiger partial charge in [-0.25, -0.2) is 4.68 Å². The highest BCUT2D eigenvalue weighted by Crippen LogP contribution is 2.17. The summed E-state index contributed by atoms with van der Waals surface area (Å²) in [6, 6.07) is 1.93. The standard InChI is InChI=1S/C14H13BrN4O/c1-3-6-19-14(20)13(15)12(9-18-19)17-8-11-4-5-16-7-10(11)2/h1,4-5,7,9,17H,6,8H2,2H3. The average Bonchev–Trinajstić information content (AvgIpc) is 2.45. The summed E-state index contributed by atoms with van der Waals surface area (Å²) in [7, 11) is 0. The van der Waals surface area contributed by atoms with Crippen molar-refractivity contribution < 1.29 is 0 Å². The van der Waals surface area contributed by atoms with Crippen LogP contribution in [-0.2, 0) is 13.1 Å². The molecule has 0 aromatic carbocycles. The second-order valence-electron chi connectivity index (χ2n) is 4.19. The largest absolute Gasteiger partial charge is 0.379 e. The topological polar surface area (TPSA) is 59.8 Å². The molecular weight excluding hydrogens is 320 g/mol. The molecule has 2 rings (SSSR count). The summed E-state index contributed by atoms with van der Waals surface area (Å²) >= 11 is 3.28. The molecule has 0 bridgehead atoms. The minimum atomic E-state index is -0.251. The van der Waals surface area contributed by atoms with Crippen molar-refractivity contribution in [2.75, 3.05) is 5.32 Å². The summed E-state index contributed by atoms with van der Waals surface area (Å²) in [5.41, 5.74) is 2.59. The Morgan fingerprint density at radius 1 is 1.50 bits per heavy atom. The Bertz CT molecular complexity index is 718. The van der Waals surface area contributed by atoms with Gasteiger partial charge in [-0.15, -0.1) is 6.42 Å². The quantitative estimate of drug-likeness (QED) is 0.869. The van der Waals surface area contributed by atoms with E-state index in [1.165, 1.54) is 4.68 Å². The molecule has 0 aliphatic rings. The molecule has 2 aromatic rings. The molecule has 0 unspecified atom stereocenters. The fourth-order valence-electron chi connectivity index (χ4n) is 1.68. The molecule has 2 aromatic heterocycles. The molecule has 0 spiro atoms. The van der Waals surface area contributed by atoms with E-state index in [0.717, 1.165) is 11.1 Å². The average molecular weight is 333 g/mol. The van der Waals surface area contributed by atoms with Gasteiger partial charge in [-0.1, -0.05) is 5.92 Å². The van der Waals surface area contributed by atoms with Gasteiger partial charge in [-0.3, -0.25) is 9.78 Å². The van der Waals surface area contributed by atoms with Crippen molar-refractivity contribution in [2.24, 2.45) is 0 Å². The first-order valence-corrected chi connectivity index (χ1v) is 6.75. The Morgan fingerprint density at radius 2 is 2.30 bits per heavy atom. The first kappa shape index (κ1) is 14.3. The maximum atomic E-state index is 12.0. The van der Waals surface area contributed by atoms with Gasteiger partial charge in [0.1, 0.15) is 11.0 Å². The van der Waals surface area contributed by atoms with Crippen molar-refractivity contribution in [1.82, 2.24) is 14.8 Å². The lowest BCUT2D eigenvalue weighted by molar-refractivity contribution is 0.659. The Kier molecular flexibility index (Phi) is 4.53. The lowest BCUT2D eigenvalue weighted by Gasteiger charge is -2.10. The summed E-state index contributed by atoms with van der Waals surface area (Å²) < 4.78 is 1.65. The van der Waals surface area contributed by atoms with Crippen LogP contribution in [-0.4, -0.2) is 14.8 Å². The van der Waals surface area contributed by atoms with E-state index in [1.807, 2.05) is 13.0 Å². The van der Waals surface area contributed by atoms with Gasteiger partial charge in [0.05, 0.1) is 11.9 Å². The van der Waals surface area contributed by atoms with Crippen LogP contribution in [0.2, 0.25) is 0 Å². The molecular formula is C14H13BrN4O. The Hall–Kier alpha value is -2.13. The van der Waals surface area contributed by atoms with Gasteiger partial charge in [0.25, 0.3) is 5.56 Å². The summed E-state index contributed by atoms with van der Waals surface area (Å²) in [5, 5.41) is 7.20. The van der Waals surface area contributed by atoms with Crippen LogP contribution in [0.25, 0.3) is 0 Å². The predicted molar refractivity (Wildman–Crippen MR) is 81.3 cm³/mol. The van der Waals surface area contributed by atoms with Crippen LogP contribution >= 0.6 is 15.9 Å². The lowest BCUT2D eigenvalue weighted by Crippen LogP contribution is -2.24. The van der Waals surface area contributed by atoms with Gasteiger partial charge in [0.2, 0.25) is 0 Å². The number of hydrogen-bond acceptors (Lipinski definition) is 4. The van der Waals surface area contributed by atoms with E-state index in [4.69, 9.17) is 6.42 Å². The lowest BCUT2D eigenvalue weighted by atomic mass is 10.1. The monoisotopic (exact) mass is 332 g/mol. The number of rotatable bonds is 4. The number of nitrogens with one attached hydrogen (secondary N) is 1. The molecule has 1 N–H and O–H groups in total. The predicted octanol–water partition coefficient (Wildman–Crippen LogP) is 1.95. The maximum absolute atomic E-state index is 12.0. The molecule has 0 atom stereocenters. The minimum absolute atomic E-state index is 0.154. The third-order valence-corrected chi connectivity index (χ3v) is 3.60. The van der Waals surface area contributed by atoms with E-state index in [2.05, 4.69) is 37.2 Å². The zero-order chi connectivity index (χ0) is 14.5. The van der Waals surface area contributed by atoms with Crippen LogP contribution < -0.4 is 10.9 Å². The fourth-order valence-corrected chi connectivity index (χ4v) is 2.13. The molecule has 0 aliphatic heterocycles. The van der Waals surface area contributed by atoms with E-state index < -0.39 is 0 Å². The van der Waals surface area contributed by atoms with Crippen LogP contribution in [0.1, 0.15) is 11.1 Å². The van der Waals surface area contributed by atoms with E-state index in [0.29, 0.717) is 16.7 Å². The Labute approximate surface area is 125 Å². The van der Waals surface area contributed by atoms with Gasteiger partial charge >= 0.3 is 0 Å². The Balaban J connectivity index is 2.19. The number of halogens is 1. The first-order chi connectivity index (χ1) is 9.63. The highest BCUT2D eigenvalue weighted by molar-refractivity contribution is 9.10. The zero-order valence-corrected chi connectivity index (χ0v) is 12.5. The molecule has 6 heteroatoms. The highest BCUT2D eigenvalue weighted by Gasteiger charge is 2.08. The molecule has 0 amide bonds. The van der Waals surface area contributed by atoms with Crippen molar-refractivity contribution >= 4 is 21.6 Å². The number of aromatic nitrogens is 3. The molecule has 20 heavy (non-hydrogen) atoms. The third-order valence-electron chi connectivity index (χ3n) is 2.83. The van der Waals surface area contributed by atoms with Crippen LogP contribution in [0.4, 0.5) is 5.69 Å². The van der Waals surface area contributed by atoms with Gasteiger partial charge in [0.15, 0.2) is 0 Å². The molecule has 2 heterocycles. The minimum Gasteiger partial charge on any atom is -0.379 e. The van der Waals surface area contributed by atoms with Gasteiger partial charge < -0.3 is 5.32 Å². The summed E-state index contributed by atoms with van der Waals surface area (Å²) in [4.78, 5) is 16.0. The third kappa shape index (κ3) is 3.06. The summed E-state index contributed by atoms with van der Waals surface area (Å²) in [5.74, 6) is 2.39. The normalized spacial score (nSPS) is 10.1. The van der Waals surface area contributed by atoms with Crippen molar-refractivity contribution in [1.29, 1.82) is 0 Å². The van der Waals surface area contributed by atoms with Crippen molar-refractivity contribution in [3.8, 4) is 12.3 Å². The van der Waals surface area contributed by atoms with Crippen LogP contribution in [0, 0.1) is 19.3 Å². The van der Waals surface area contributed by atoms with Crippen molar-refractivity contribution in [3.05, 3.63) is 50.6 Å². The van der Waals surface area contributed by atoms with Crippen LogP contribution in [0.15, 0.2) is 33.9 Å². The molecule has 102 valence electrons. The number of hydrogen-bond donors (Lipinski definition) is 1. The molecule has 0 saturated carbocycles. The number of nitrogens with zero attached hydrogens (tertiary/aromatic N) is 3. The second kappa shape index (κ2) is 6.35. The SMILES string of the molecule is C#CCn1ncc(NCc2ccncc2C)c(Br)c1=O.